The van der Waals surface area contributed by atoms with Crippen molar-refractivity contribution in [1.82, 2.24) is 4.90 Å². The number of rotatable bonds is 5. The summed E-state index contributed by atoms with van der Waals surface area (Å²) < 4.78 is 0. The Balaban J connectivity index is 2.22. The number of phenols is 1. The molecule has 0 aromatic heterocycles. The highest BCUT2D eigenvalue weighted by molar-refractivity contribution is 5.96. The van der Waals surface area contributed by atoms with Gasteiger partial charge in [0.05, 0.1) is 0 Å². The van der Waals surface area contributed by atoms with Gasteiger partial charge in [0.25, 0.3) is 5.91 Å². The minimum atomic E-state index is 0.0796. The molecule has 1 aliphatic carbocycles. The maximum absolute atomic E-state index is 12.9. The van der Waals surface area contributed by atoms with Gasteiger partial charge in [-0.15, -0.1) is 0 Å². The van der Waals surface area contributed by atoms with Crippen LogP contribution < -0.4 is 0 Å². The number of amides is 1. The predicted octanol–water partition coefficient (Wildman–Crippen LogP) is 4.13. The average molecular weight is 289 g/mol. The fourth-order valence-electron chi connectivity index (χ4n) is 3.07. The topological polar surface area (TPSA) is 40.5 Å². The van der Waals surface area contributed by atoms with Gasteiger partial charge < -0.3 is 10.0 Å². The molecule has 1 fully saturated rings. The zero-order valence-corrected chi connectivity index (χ0v) is 13.4. The van der Waals surface area contributed by atoms with Crippen molar-refractivity contribution in [3.63, 3.8) is 0 Å². The molecule has 1 aromatic carbocycles. The standard InChI is InChI=1S/C18H27NO2/c1-13(2)11-12-19(15-7-4-5-8-15)18(21)16-9-6-10-17(20)14(16)3/h6,9-10,13,15,20H,4-5,7-8,11-12H2,1-3H3. The normalized spacial score (nSPS) is 15.6. The van der Waals surface area contributed by atoms with Crippen molar-refractivity contribution in [1.29, 1.82) is 0 Å². The Kier molecular flexibility index (Phi) is 5.27. The van der Waals surface area contributed by atoms with E-state index in [1.54, 1.807) is 12.1 Å². The first-order chi connectivity index (χ1) is 10.0. The van der Waals surface area contributed by atoms with Gasteiger partial charge in [-0.2, -0.15) is 0 Å². The SMILES string of the molecule is Cc1c(O)cccc1C(=O)N(CCC(C)C)C1CCCC1. The third-order valence-electron chi connectivity index (χ3n) is 4.51. The molecule has 1 N–H and O–H groups in total. The summed E-state index contributed by atoms with van der Waals surface area (Å²) >= 11 is 0. The molecule has 0 radical (unpaired) electrons. The van der Waals surface area contributed by atoms with E-state index in [1.807, 2.05) is 13.0 Å². The summed E-state index contributed by atoms with van der Waals surface area (Å²) in [4.78, 5) is 15.0. The smallest absolute Gasteiger partial charge is 0.254 e. The van der Waals surface area contributed by atoms with Crippen molar-refractivity contribution in [2.24, 2.45) is 5.92 Å². The second-order valence-electron chi connectivity index (χ2n) is 6.57. The summed E-state index contributed by atoms with van der Waals surface area (Å²) in [7, 11) is 0. The summed E-state index contributed by atoms with van der Waals surface area (Å²) in [6.07, 6.45) is 5.69. The van der Waals surface area contributed by atoms with Crippen LogP contribution in [0.4, 0.5) is 0 Å². The molecule has 0 heterocycles. The van der Waals surface area contributed by atoms with Gasteiger partial charge in [-0.05, 0) is 44.2 Å². The molecule has 0 saturated heterocycles. The second kappa shape index (κ2) is 6.97. The van der Waals surface area contributed by atoms with Gasteiger partial charge in [0.15, 0.2) is 0 Å². The number of hydrogen-bond donors (Lipinski definition) is 1. The Labute approximate surface area is 128 Å². The predicted molar refractivity (Wildman–Crippen MR) is 85.6 cm³/mol. The van der Waals surface area contributed by atoms with Crippen LogP contribution in [0, 0.1) is 12.8 Å². The third-order valence-corrected chi connectivity index (χ3v) is 4.51. The molecule has 3 nitrogen and oxygen atoms in total. The molecule has 1 saturated carbocycles. The minimum absolute atomic E-state index is 0.0796. The van der Waals surface area contributed by atoms with Crippen molar-refractivity contribution < 1.29 is 9.90 Å². The molecule has 2 rings (SSSR count). The summed E-state index contributed by atoms with van der Waals surface area (Å²) in [6.45, 7) is 7.02. The number of benzene rings is 1. The van der Waals surface area contributed by atoms with Crippen LogP contribution in [-0.2, 0) is 0 Å². The maximum Gasteiger partial charge on any atom is 0.254 e. The van der Waals surface area contributed by atoms with E-state index in [0.717, 1.165) is 25.8 Å². The fourth-order valence-corrected chi connectivity index (χ4v) is 3.07. The van der Waals surface area contributed by atoms with Gasteiger partial charge in [0, 0.05) is 23.7 Å². The number of carbonyl (C=O) groups excluding carboxylic acids is 1. The van der Waals surface area contributed by atoms with E-state index in [-0.39, 0.29) is 11.7 Å². The Hall–Kier alpha value is -1.51. The van der Waals surface area contributed by atoms with Gasteiger partial charge in [-0.25, -0.2) is 0 Å². The Bertz CT molecular complexity index is 490. The van der Waals surface area contributed by atoms with Crippen LogP contribution in [0.3, 0.4) is 0 Å². The van der Waals surface area contributed by atoms with Crippen molar-refractivity contribution in [3.8, 4) is 5.75 Å². The Morgan fingerprint density at radius 1 is 1.33 bits per heavy atom. The minimum Gasteiger partial charge on any atom is -0.508 e. The molecule has 3 heteroatoms. The van der Waals surface area contributed by atoms with Crippen molar-refractivity contribution in [2.45, 2.75) is 58.9 Å². The summed E-state index contributed by atoms with van der Waals surface area (Å²) in [5.74, 6) is 0.874. The van der Waals surface area contributed by atoms with Crippen LogP contribution in [-0.4, -0.2) is 28.5 Å². The van der Waals surface area contributed by atoms with E-state index < -0.39 is 0 Å². The van der Waals surface area contributed by atoms with Gasteiger partial charge >= 0.3 is 0 Å². The van der Waals surface area contributed by atoms with Gasteiger partial charge in [0.1, 0.15) is 5.75 Å². The lowest BCUT2D eigenvalue weighted by Gasteiger charge is -2.30. The number of hydrogen-bond acceptors (Lipinski definition) is 2. The molecule has 1 aliphatic rings. The highest BCUT2D eigenvalue weighted by Crippen LogP contribution is 2.28. The maximum atomic E-state index is 12.9. The lowest BCUT2D eigenvalue weighted by atomic mass is 10.0. The fraction of sp³-hybridized carbons (Fsp3) is 0.611. The van der Waals surface area contributed by atoms with Gasteiger partial charge in [-0.3, -0.25) is 4.79 Å². The molecule has 21 heavy (non-hydrogen) atoms. The first-order valence-corrected chi connectivity index (χ1v) is 8.10. The van der Waals surface area contributed by atoms with E-state index in [4.69, 9.17) is 0 Å². The van der Waals surface area contributed by atoms with E-state index >= 15 is 0 Å². The summed E-state index contributed by atoms with van der Waals surface area (Å²) in [5.41, 5.74) is 1.33. The zero-order valence-electron chi connectivity index (χ0n) is 13.4. The first-order valence-electron chi connectivity index (χ1n) is 8.10. The van der Waals surface area contributed by atoms with Crippen LogP contribution in [0.25, 0.3) is 0 Å². The molecular formula is C18H27NO2. The van der Waals surface area contributed by atoms with Crippen LogP contribution in [0.2, 0.25) is 0 Å². The van der Waals surface area contributed by atoms with Crippen molar-refractivity contribution in [2.75, 3.05) is 6.54 Å². The molecular weight excluding hydrogens is 262 g/mol. The lowest BCUT2D eigenvalue weighted by Crippen LogP contribution is -2.40. The molecule has 1 amide bonds. The molecule has 0 spiro atoms. The second-order valence-corrected chi connectivity index (χ2v) is 6.57. The quantitative estimate of drug-likeness (QED) is 0.885. The van der Waals surface area contributed by atoms with Crippen molar-refractivity contribution in [3.05, 3.63) is 29.3 Å². The molecule has 0 bridgehead atoms. The number of carbonyl (C=O) groups is 1. The summed E-state index contributed by atoms with van der Waals surface area (Å²) in [5, 5.41) is 9.84. The number of aromatic hydroxyl groups is 1. The van der Waals surface area contributed by atoms with Crippen LogP contribution in [0.1, 0.15) is 61.9 Å². The van der Waals surface area contributed by atoms with Crippen molar-refractivity contribution >= 4 is 5.91 Å². The van der Waals surface area contributed by atoms with Crippen LogP contribution in [0.5, 0.6) is 5.75 Å². The molecule has 1 aromatic rings. The van der Waals surface area contributed by atoms with Crippen LogP contribution in [0.15, 0.2) is 18.2 Å². The number of nitrogens with zero attached hydrogens (tertiary/aromatic N) is 1. The van der Waals surface area contributed by atoms with E-state index in [9.17, 15) is 9.90 Å². The Morgan fingerprint density at radius 2 is 2.00 bits per heavy atom. The summed E-state index contributed by atoms with van der Waals surface area (Å²) in [6, 6.07) is 5.60. The lowest BCUT2D eigenvalue weighted by molar-refractivity contribution is 0.0670. The molecule has 0 aliphatic heterocycles. The van der Waals surface area contributed by atoms with E-state index in [0.29, 0.717) is 23.1 Å². The van der Waals surface area contributed by atoms with E-state index in [1.165, 1.54) is 12.8 Å². The monoisotopic (exact) mass is 289 g/mol. The molecule has 0 unspecified atom stereocenters. The van der Waals surface area contributed by atoms with Crippen LogP contribution >= 0.6 is 0 Å². The first kappa shape index (κ1) is 15.9. The molecule has 116 valence electrons. The zero-order chi connectivity index (χ0) is 15.4. The average Bonchev–Trinajstić information content (AvgIpc) is 2.95. The van der Waals surface area contributed by atoms with E-state index in [2.05, 4.69) is 18.7 Å². The van der Waals surface area contributed by atoms with Gasteiger partial charge in [-0.1, -0.05) is 32.8 Å². The Morgan fingerprint density at radius 3 is 2.62 bits per heavy atom. The molecule has 0 atom stereocenters. The third kappa shape index (κ3) is 3.78. The highest BCUT2D eigenvalue weighted by atomic mass is 16.3. The highest BCUT2D eigenvalue weighted by Gasteiger charge is 2.28. The number of phenolic OH excluding ortho intramolecular Hbond substituents is 1. The van der Waals surface area contributed by atoms with Gasteiger partial charge in [0.2, 0.25) is 0 Å². The largest absolute Gasteiger partial charge is 0.508 e.